The molecule has 0 saturated heterocycles. The number of nitrogens with zero attached hydrogens (tertiary/aromatic N) is 1. The van der Waals surface area contributed by atoms with Crippen LogP contribution in [0.1, 0.15) is 18.4 Å². The van der Waals surface area contributed by atoms with E-state index in [1.807, 2.05) is 24.4 Å². The average Bonchev–Trinajstić information content (AvgIpc) is 3.13. The lowest BCUT2D eigenvalue weighted by molar-refractivity contribution is 1.04. The number of para-hydroxylation sites is 1. The first kappa shape index (κ1) is 9.60. The Morgan fingerprint density at radius 3 is 2.88 bits per heavy atom. The minimum Gasteiger partial charge on any atom is -0.381 e. The van der Waals surface area contributed by atoms with E-state index < -0.39 is 0 Å². The predicted molar refractivity (Wildman–Crippen MR) is 66.3 cm³/mol. The number of pyridine rings is 1. The Morgan fingerprint density at radius 2 is 2.12 bits per heavy atom. The first-order valence-electron chi connectivity index (χ1n) is 5.71. The lowest BCUT2D eigenvalue weighted by Gasteiger charge is -2.12. The molecule has 3 rings (SSSR count). The summed E-state index contributed by atoms with van der Waals surface area (Å²) in [4.78, 5) is 4.42. The molecule has 16 heavy (non-hydrogen) atoms. The van der Waals surface area contributed by atoms with Crippen LogP contribution in [0.3, 0.4) is 0 Å². The van der Waals surface area contributed by atoms with Crippen molar-refractivity contribution in [2.45, 2.75) is 25.4 Å². The Kier molecular flexibility index (Phi) is 2.26. The maximum absolute atomic E-state index is 5.76. The van der Waals surface area contributed by atoms with Gasteiger partial charge >= 0.3 is 0 Å². The van der Waals surface area contributed by atoms with Gasteiger partial charge in [0.25, 0.3) is 0 Å². The van der Waals surface area contributed by atoms with E-state index in [2.05, 4.69) is 16.4 Å². The number of fused-ring (bicyclic) bond motifs is 1. The Balaban J connectivity index is 2.17. The van der Waals surface area contributed by atoms with Crippen LogP contribution in [-0.2, 0) is 6.54 Å². The van der Waals surface area contributed by atoms with E-state index in [0.717, 1.165) is 11.1 Å². The molecule has 0 unspecified atom stereocenters. The van der Waals surface area contributed by atoms with E-state index in [4.69, 9.17) is 5.73 Å². The van der Waals surface area contributed by atoms with Gasteiger partial charge in [0.15, 0.2) is 0 Å². The fraction of sp³-hybridized carbons (Fsp3) is 0.308. The minimum atomic E-state index is 0.535. The second-order valence-corrected chi connectivity index (χ2v) is 4.30. The maximum atomic E-state index is 5.76. The molecule has 82 valence electrons. The summed E-state index contributed by atoms with van der Waals surface area (Å²) in [5, 5.41) is 4.74. The van der Waals surface area contributed by atoms with Crippen LogP contribution in [0.4, 0.5) is 5.69 Å². The third kappa shape index (κ3) is 1.63. The number of benzene rings is 1. The van der Waals surface area contributed by atoms with Gasteiger partial charge in [-0.3, -0.25) is 4.98 Å². The third-order valence-electron chi connectivity index (χ3n) is 3.00. The molecule has 1 fully saturated rings. The molecule has 0 radical (unpaired) electrons. The van der Waals surface area contributed by atoms with Crippen molar-refractivity contribution in [1.29, 1.82) is 0 Å². The molecule has 3 heteroatoms. The van der Waals surface area contributed by atoms with Gasteiger partial charge in [0.05, 0.1) is 5.52 Å². The van der Waals surface area contributed by atoms with Crippen LogP contribution >= 0.6 is 0 Å². The highest BCUT2D eigenvalue weighted by molar-refractivity contribution is 5.92. The number of hydrogen-bond donors (Lipinski definition) is 2. The highest BCUT2D eigenvalue weighted by atomic mass is 15.0. The van der Waals surface area contributed by atoms with Gasteiger partial charge in [0, 0.05) is 35.4 Å². The van der Waals surface area contributed by atoms with Gasteiger partial charge in [-0.15, -0.1) is 0 Å². The fourth-order valence-corrected chi connectivity index (χ4v) is 1.94. The molecule has 0 bridgehead atoms. The fourth-order valence-electron chi connectivity index (χ4n) is 1.94. The molecule has 0 amide bonds. The largest absolute Gasteiger partial charge is 0.381 e. The average molecular weight is 213 g/mol. The highest BCUT2D eigenvalue weighted by Gasteiger charge is 2.22. The van der Waals surface area contributed by atoms with Crippen LogP contribution in [0.15, 0.2) is 30.5 Å². The Hall–Kier alpha value is -1.61. The van der Waals surface area contributed by atoms with E-state index in [9.17, 15) is 0 Å². The highest BCUT2D eigenvalue weighted by Crippen LogP contribution is 2.31. The number of nitrogens with one attached hydrogen (secondary N) is 1. The zero-order valence-electron chi connectivity index (χ0n) is 9.11. The van der Waals surface area contributed by atoms with E-state index in [0.29, 0.717) is 12.6 Å². The van der Waals surface area contributed by atoms with Gasteiger partial charge in [0.1, 0.15) is 0 Å². The van der Waals surface area contributed by atoms with Gasteiger partial charge in [0.2, 0.25) is 0 Å². The molecule has 1 aliphatic carbocycles. The standard InChI is InChI=1S/C13H15N3/c14-7-9-8-15-12-4-2-1-3-11(12)13(9)16-10-5-6-10/h1-4,8,10H,5-7,14H2,(H,15,16). The zero-order chi connectivity index (χ0) is 11.0. The van der Waals surface area contributed by atoms with Gasteiger partial charge in [-0.05, 0) is 18.9 Å². The van der Waals surface area contributed by atoms with E-state index in [-0.39, 0.29) is 0 Å². The van der Waals surface area contributed by atoms with E-state index in [1.54, 1.807) is 0 Å². The van der Waals surface area contributed by atoms with Crippen LogP contribution in [-0.4, -0.2) is 11.0 Å². The summed E-state index contributed by atoms with van der Waals surface area (Å²) >= 11 is 0. The molecule has 0 spiro atoms. The number of anilines is 1. The van der Waals surface area contributed by atoms with E-state index in [1.165, 1.54) is 23.9 Å². The van der Waals surface area contributed by atoms with Crippen LogP contribution in [0.5, 0.6) is 0 Å². The van der Waals surface area contributed by atoms with Crippen LogP contribution in [0, 0.1) is 0 Å². The molecule has 0 atom stereocenters. The van der Waals surface area contributed by atoms with Crippen molar-refractivity contribution < 1.29 is 0 Å². The smallest absolute Gasteiger partial charge is 0.0722 e. The quantitative estimate of drug-likeness (QED) is 0.822. The zero-order valence-corrected chi connectivity index (χ0v) is 9.11. The number of nitrogens with two attached hydrogens (primary N) is 1. The van der Waals surface area contributed by atoms with Crippen molar-refractivity contribution in [2.75, 3.05) is 5.32 Å². The molecule has 1 heterocycles. The predicted octanol–water partition coefficient (Wildman–Crippen LogP) is 2.27. The van der Waals surface area contributed by atoms with Crippen molar-refractivity contribution >= 4 is 16.6 Å². The van der Waals surface area contributed by atoms with Crippen molar-refractivity contribution in [3.05, 3.63) is 36.0 Å². The number of hydrogen-bond acceptors (Lipinski definition) is 3. The summed E-state index contributed by atoms with van der Waals surface area (Å²) in [6.45, 7) is 0.535. The molecular formula is C13H15N3. The Bertz CT molecular complexity index is 518. The topological polar surface area (TPSA) is 50.9 Å². The maximum Gasteiger partial charge on any atom is 0.0722 e. The van der Waals surface area contributed by atoms with Crippen molar-refractivity contribution in [2.24, 2.45) is 5.73 Å². The summed E-state index contributed by atoms with van der Waals surface area (Å²) in [6.07, 6.45) is 4.41. The summed E-state index contributed by atoms with van der Waals surface area (Å²) in [6, 6.07) is 8.83. The van der Waals surface area contributed by atoms with Crippen LogP contribution < -0.4 is 11.1 Å². The lowest BCUT2D eigenvalue weighted by Crippen LogP contribution is -2.08. The normalized spacial score (nSPS) is 15.3. The molecule has 1 aromatic carbocycles. The van der Waals surface area contributed by atoms with Crippen molar-refractivity contribution in [1.82, 2.24) is 4.98 Å². The Morgan fingerprint density at radius 1 is 1.31 bits per heavy atom. The molecule has 2 aromatic rings. The van der Waals surface area contributed by atoms with Gasteiger partial charge in [-0.2, -0.15) is 0 Å². The monoisotopic (exact) mass is 213 g/mol. The van der Waals surface area contributed by atoms with Crippen molar-refractivity contribution in [3.8, 4) is 0 Å². The molecule has 0 aliphatic heterocycles. The number of rotatable bonds is 3. The first-order valence-corrected chi connectivity index (χ1v) is 5.71. The Labute approximate surface area is 94.7 Å². The lowest BCUT2D eigenvalue weighted by atomic mass is 10.1. The van der Waals surface area contributed by atoms with Crippen LogP contribution in [0.25, 0.3) is 10.9 Å². The molecule has 1 saturated carbocycles. The first-order chi connectivity index (χ1) is 7.88. The summed E-state index contributed by atoms with van der Waals surface area (Å²) < 4.78 is 0. The molecule has 1 aliphatic rings. The summed E-state index contributed by atoms with van der Waals surface area (Å²) in [5.74, 6) is 0. The third-order valence-corrected chi connectivity index (χ3v) is 3.00. The van der Waals surface area contributed by atoms with Gasteiger partial charge in [-0.25, -0.2) is 0 Å². The summed E-state index contributed by atoms with van der Waals surface area (Å²) in [7, 11) is 0. The van der Waals surface area contributed by atoms with Crippen molar-refractivity contribution in [3.63, 3.8) is 0 Å². The molecule has 3 N–H and O–H groups in total. The van der Waals surface area contributed by atoms with Gasteiger partial charge < -0.3 is 11.1 Å². The second-order valence-electron chi connectivity index (χ2n) is 4.30. The molecule has 1 aromatic heterocycles. The SMILES string of the molecule is NCc1cnc2ccccc2c1NC1CC1. The minimum absolute atomic E-state index is 0.535. The summed E-state index contributed by atoms with van der Waals surface area (Å²) in [5.41, 5.74) is 9.07. The molecule has 3 nitrogen and oxygen atoms in total. The van der Waals surface area contributed by atoms with E-state index >= 15 is 0 Å². The van der Waals surface area contributed by atoms with Crippen LogP contribution in [0.2, 0.25) is 0 Å². The second kappa shape index (κ2) is 3.76. The molecular weight excluding hydrogens is 198 g/mol. The van der Waals surface area contributed by atoms with Gasteiger partial charge in [-0.1, -0.05) is 18.2 Å². The number of aromatic nitrogens is 1.